The molecule has 0 bridgehead atoms. The highest BCUT2D eigenvalue weighted by molar-refractivity contribution is 5.76. The standard InChI is InChI=1S/C57H105NO5/c1-3-5-7-9-11-13-14-15-16-17-22-25-28-31-35-39-43-47-51-57(62)63-52-48-44-40-36-32-29-26-23-20-18-19-21-24-27-30-34-38-42-46-50-56(61)58-54(53-59)55(60)49-45-41-37-33-12-10-8-6-4-2/h16-17,23,26,29,32,45,49,54-55,59-60H,3-15,18-22,24-25,27-28,30-31,33-44,46-48,50-53H2,1-2H3,(H,58,61)/b17-16-,26-23-,32-29-,49-45+. The Kier molecular flexibility index (Phi) is 50.6. The molecule has 0 aromatic rings. The van der Waals surface area contributed by atoms with Gasteiger partial charge in [0.05, 0.1) is 25.4 Å². The number of unbranched alkanes of at least 4 members (excludes halogenated alkanes) is 34. The lowest BCUT2D eigenvalue weighted by Crippen LogP contribution is -2.45. The molecule has 2 atom stereocenters. The van der Waals surface area contributed by atoms with Gasteiger partial charge >= 0.3 is 5.97 Å². The van der Waals surface area contributed by atoms with Gasteiger partial charge in [-0.05, 0) is 89.9 Å². The van der Waals surface area contributed by atoms with E-state index in [2.05, 4.69) is 55.6 Å². The molecule has 0 aliphatic heterocycles. The largest absolute Gasteiger partial charge is 0.466 e. The maximum absolute atomic E-state index is 12.4. The summed E-state index contributed by atoms with van der Waals surface area (Å²) in [5.41, 5.74) is 0. The first-order chi connectivity index (χ1) is 31.0. The summed E-state index contributed by atoms with van der Waals surface area (Å²) in [5, 5.41) is 22.9. The Morgan fingerprint density at radius 1 is 0.444 bits per heavy atom. The maximum atomic E-state index is 12.4. The second-order valence-electron chi connectivity index (χ2n) is 18.6. The van der Waals surface area contributed by atoms with Crippen LogP contribution in [0.3, 0.4) is 0 Å². The lowest BCUT2D eigenvalue weighted by Gasteiger charge is -2.20. The molecule has 0 saturated heterocycles. The molecule has 0 radical (unpaired) electrons. The third kappa shape index (κ3) is 49.1. The van der Waals surface area contributed by atoms with Crippen molar-refractivity contribution in [1.29, 1.82) is 0 Å². The van der Waals surface area contributed by atoms with Crippen molar-refractivity contribution in [2.75, 3.05) is 13.2 Å². The van der Waals surface area contributed by atoms with E-state index in [1.54, 1.807) is 6.08 Å². The van der Waals surface area contributed by atoms with Crippen LogP contribution in [-0.4, -0.2) is 47.4 Å². The van der Waals surface area contributed by atoms with E-state index < -0.39 is 12.1 Å². The van der Waals surface area contributed by atoms with Gasteiger partial charge in [0.2, 0.25) is 5.91 Å². The highest BCUT2D eigenvalue weighted by Gasteiger charge is 2.18. The molecule has 6 nitrogen and oxygen atoms in total. The number of hydrogen-bond acceptors (Lipinski definition) is 5. The van der Waals surface area contributed by atoms with Gasteiger partial charge in [0.25, 0.3) is 0 Å². The number of amides is 1. The zero-order valence-corrected chi connectivity index (χ0v) is 41.8. The molecular formula is C57H105NO5. The minimum atomic E-state index is -0.849. The van der Waals surface area contributed by atoms with E-state index in [-0.39, 0.29) is 18.5 Å². The topological polar surface area (TPSA) is 95.9 Å². The summed E-state index contributed by atoms with van der Waals surface area (Å²) in [4.78, 5) is 24.4. The van der Waals surface area contributed by atoms with Gasteiger partial charge in [0.1, 0.15) is 0 Å². The van der Waals surface area contributed by atoms with Crippen LogP contribution >= 0.6 is 0 Å². The number of hydrogen-bond donors (Lipinski definition) is 3. The number of esters is 1. The molecule has 0 aromatic heterocycles. The van der Waals surface area contributed by atoms with Crippen molar-refractivity contribution in [2.45, 2.75) is 289 Å². The lowest BCUT2D eigenvalue weighted by atomic mass is 10.0. The van der Waals surface area contributed by atoms with E-state index in [4.69, 9.17) is 4.74 Å². The van der Waals surface area contributed by atoms with Gasteiger partial charge < -0.3 is 20.3 Å². The van der Waals surface area contributed by atoms with Crippen LogP contribution in [0.2, 0.25) is 0 Å². The highest BCUT2D eigenvalue weighted by atomic mass is 16.5. The van der Waals surface area contributed by atoms with Crippen molar-refractivity contribution in [3.63, 3.8) is 0 Å². The average Bonchev–Trinajstić information content (AvgIpc) is 3.28. The molecular weight excluding hydrogens is 779 g/mol. The van der Waals surface area contributed by atoms with E-state index in [0.717, 1.165) is 77.0 Å². The van der Waals surface area contributed by atoms with E-state index in [1.165, 1.54) is 173 Å². The summed E-state index contributed by atoms with van der Waals surface area (Å²) in [7, 11) is 0. The Labute approximate surface area is 391 Å². The molecule has 0 aromatic carbocycles. The summed E-state index contributed by atoms with van der Waals surface area (Å²) in [6, 6.07) is -0.634. The summed E-state index contributed by atoms with van der Waals surface area (Å²) >= 11 is 0. The second-order valence-corrected chi connectivity index (χ2v) is 18.6. The SMILES string of the molecule is CCCCCCCCC/C=C\CCCCCCCCCC(=O)OCCCCC/C=C\C=C/CCCCCCCCCCCCC(=O)NC(CO)C(O)/C=C/CCCCCCCCC. The van der Waals surface area contributed by atoms with Crippen molar-refractivity contribution in [2.24, 2.45) is 0 Å². The Morgan fingerprint density at radius 3 is 1.22 bits per heavy atom. The molecule has 0 saturated carbocycles. The number of allylic oxidation sites excluding steroid dienone is 7. The predicted molar refractivity (Wildman–Crippen MR) is 273 cm³/mol. The van der Waals surface area contributed by atoms with Gasteiger partial charge in [0, 0.05) is 12.8 Å². The molecule has 0 aliphatic carbocycles. The first-order valence-electron chi connectivity index (χ1n) is 27.4. The van der Waals surface area contributed by atoms with Crippen molar-refractivity contribution in [1.82, 2.24) is 5.32 Å². The number of rotatable bonds is 50. The number of nitrogens with one attached hydrogen (secondary N) is 1. The molecule has 0 rings (SSSR count). The molecule has 0 fully saturated rings. The smallest absolute Gasteiger partial charge is 0.305 e. The fraction of sp³-hybridized carbons (Fsp3) is 0.825. The minimum Gasteiger partial charge on any atom is -0.466 e. The van der Waals surface area contributed by atoms with Gasteiger partial charge in [-0.25, -0.2) is 0 Å². The average molecular weight is 884 g/mol. The summed E-state index contributed by atoms with van der Waals surface area (Å²) in [6.07, 6.45) is 65.6. The molecule has 1 amide bonds. The maximum Gasteiger partial charge on any atom is 0.305 e. The first-order valence-corrected chi connectivity index (χ1v) is 27.4. The monoisotopic (exact) mass is 884 g/mol. The van der Waals surface area contributed by atoms with Crippen LogP contribution in [0.25, 0.3) is 0 Å². The zero-order valence-electron chi connectivity index (χ0n) is 41.8. The number of ether oxygens (including phenoxy) is 1. The highest BCUT2D eigenvalue weighted by Crippen LogP contribution is 2.15. The van der Waals surface area contributed by atoms with Crippen molar-refractivity contribution < 1.29 is 24.5 Å². The molecule has 0 aliphatic rings. The Morgan fingerprint density at radius 2 is 0.794 bits per heavy atom. The second kappa shape index (κ2) is 52.4. The molecule has 368 valence electrons. The molecule has 0 heterocycles. The van der Waals surface area contributed by atoms with E-state index in [9.17, 15) is 19.8 Å². The van der Waals surface area contributed by atoms with Crippen molar-refractivity contribution in [3.05, 3.63) is 48.6 Å². The van der Waals surface area contributed by atoms with Gasteiger partial charge in [-0.2, -0.15) is 0 Å². The van der Waals surface area contributed by atoms with Crippen LogP contribution in [0.4, 0.5) is 0 Å². The number of carbonyl (C=O) groups excluding carboxylic acids is 2. The van der Waals surface area contributed by atoms with Gasteiger partial charge in [-0.1, -0.05) is 223 Å². The van der Waals surface area contributed by atoms with Gasteiger partial charge in [-0.3, -0.25) is 9.59 Å². The summed E-state index contributed by atoms with van der Waals surface area (Å²) < 4.78 is 5.46. The normalized spacial score (nSPS) is 13.0. The quantitative estimate of drug-likeness (QED) is 0.0245. The zero-order chi connectivity index (χ0) is 45.8. The summed E-state index contributed by atoms with van der Waals surface area (Å²) in [5.74, 6) is -0.0997. The van der Waals surface area contributed by atoms with Crippen LogP contribution in [-0.2, 0) is 14.3 Å². The van der Waals surface area contributed by atoms with Crippen LogP contribution < -0.4 is 5.32 Å². The fourth-order valence-electron chi connectivity index (χ4n) is 8.09. The van der Waals surface area contributed by atoms with Crippen LogP contribution in [0.15, 0.2) is 48.6 Å². The Hall–Kier alpha value is -2.18. The number of aliphatic hydroxyl groups excluding tert-OH is 2. The van der Waals surface area contributed by atoms with Gasteiger partial charge in [0.15, 0.2) is 0 Å². The van der Waals surface area contributed by atoms with E-state index >= 15 is 0 Å². The van der Waals surface area contributed by atoms with Crippen LogP contribution in [0.1, 0.15) is 277 Å². The van der Waals surface area contributed by atoms with Crippen molar-refractivity contribution >= 4 is 11.9 Å². The van der Waals surface area contributed by atoms with Crippen LogP contribution in [0.5, 0.6) is 0 Å². The predicted octanol–water partition coefficient (Wildman–Crippen LogP) is 16.6. The minimum absolute atomic E-state index is 0.0180. The first kappa shape index (κ1) is 60.8. The molecule has 0 spiro atoms. The molecule has 6 heteroatoms. The van der Waals surface area contributed by atoms with Crippen molar-refractivity contribution in [3.8, 4) is 0 Å². The third-order valence-electron chi connectivity index (χ3n) is 12.3. The third-order valence-corrected chi connectivity index (χ3v) is 12.3. The Balaban J connectivity index is 3.47. The van der Waals surface area contributed by atoms with Crippen LogP contribution in [0, 0.1) is 0 Å². The lowest BCUT2D eigenvalue weighted by molar-refractivity contribution is -0.143. The molecule has 63 heavy (non-hydrogen) atoms. The fourth-order valence-corrected chi connectivity index (χ4v) is 8.09. The molecule has 2 unspecified atom stereocenters. The van der Waals surface area contributed by atoms with E-state index in [1.807, 2.05) is 6.08 Å². The van der Waals surface area contributed by atoms with E-state index in [0.29, 0.717) is 19.4 Å². The molecule has 3 N–H and O–H groups in total. The number of aliphatic hydroxyl groups is 2. The van der Waals surface area contributed by atoms with Gasteiger partial charge in [-0.15, -0.1) is 0 Å². The number of carbonyl (C=O) groups is 2. The Bertz CT molecular complexity index is 1070. The summed E-state index contributed by atoms with van der Waals surface area (Å²) in [6.45, 7) is 4.82.